The Bertz CT molecular complexity index is 413. The van der Waals surface area contributed by atoms with Gasteiger partial charge in [0.15, 0.2) is 0 Å². The van der Waals surface area contributed by atoms with E-state index in [2.05, 4.69) is 29.0 Å². The molecule has 2 fully saturated rings. The van der Waals surface area contributed by atoms with Gasteiger partial charge in [0.05, 0.1) is 12.1 Å². The average molecular weight is 237 g/mol. The van der Waals surface area contributed by atoms with Crippen LogP contribution >= 0.6 is 11.3 Å². The molecule has 1 aromatic heterocycles. The number of rotatable bonds is 2. The highest BCUT2D eigenvalue weighted by molar-refractivity contribution is 7.10. The van der Waals surface area contributed by atoms with Gasteiger partial charge in [-0.15, -0.1) is 11.3 Å². The number of amides is 2. The first-order valence-electron chi connectivity index (χ1n) is 5.57. The molecule has 0 saturated carbocycles. The van der Waals surface area contributed by atoms with E-state index in [1.807, 2.05) is 4.90 Å². The summed E-state index contributed by atoms with van der Waals surface area (Å²) < 4.78 is 0. The van der Waals surface area contributed by atoms with E-state index >= 15 is 0 Å². The van der Waals surface area contributed by atoms with Gasteiger partial charge in [0.2, 0.25) is 0 Å². The molecule has 2 amide bonds. The second-order valence-corrected chi connectivity index (χ2v) is 5.38. The lowest BCUT2D eigenvalue weighted by Gasteiger charge is -2.34. The van der Waals surface area contributed by atoms with Gasteiger partial charge in [0.25, 0.3) is 0 Å². The zero-order chi connectivity index (χ0) is 11.1. The molecule has 2 N–H and O–H groups in total. The van der Waals surface area contributed by atoms with Crippen LogP contribution in [0.15, 0.2) is 11.4 Å². The molecule has 0 aromatic carbocycles. The van der Waals surface area contributed by atoms with Crippen molar-refractivity contribution in [3.63, 3.8) is 0 Å². The minimum absolute atomic E-state index is 0.0873. The molecule has 3 heterocycles. The van der Waals surface area contributed by atoms with Crippen molar-refractivity contribution in [1.82, 2.24) is 15.5 Å². The van der Waals surface area contributed by atoms with Crippen LogP contribution in [-0.4, -0.2) is 36.6 Å². The number of hydrogen-bond donors (Lipinski definition) is 2. The highest BCUT2D eigenvalue weighted by Gasteiger charge is 2.37. The lowest BCUT2D eigenvalue weighted by molar-refractivity contribution is 0.172. The quantitative estimate of drug-likeness (QED) is 0.809. The van der Waals surface area contributed by atoms with Crippen molar-refractivity contribution in [2.75, 3.05) is 19.6 Å². The molecular weight excluding hydrogens is 222 g/mol. The molecule has 86 valence electrons. The zero-order valence-electron chi connectivity index (χ0n) is 9.19. The highest BCUT2D eigenvalue weighted by Crippen LogP contribution is 2.29. The Morgan fingerprint density at radius 1 is 1.50 bits per heavy atom. The third-order valence-corrected chi connectivity index (χ3v) is 4.49. The van der Waals surface area contributed by atoms with E-state index in [1.165, 1.54) is 10.4 Å². The maximum absolute atomic E-state index is 11.8. The molecule has 2 saturated heterocycles. The first-order valence-corrected chi connectivity index (χ1v) is 6.45. The largest absolute Gasteiger partial charge is 0.329 e. The smallest absolute Gasteiger partial charge is 0.318 e. The number of urea groups is 1. The van der Waals surface area contributed by atoms with E-state index in [4.69, 9.17) is 0 Å². The van der Waals surface area contributed by atoms with Crippen LogP contribution in [0.5, 0.6) is 0 Å². The van der Waals surface area contributed by atoms with Crippen LogP contribution in [0.1, 0.15) is 16.5 Å². The molecule has 0 bridgehead atoms. The van der Waals surface area contributed by atoms with E-state index in [0.29, 0.717) is 6.04 Å². The summed E-state index contributed by atoms with van der Waals surface area (Å²) in [7, 11) is 0. The number of carbonyl (C=O) groups excluding carboxylic acids is 1. The molecule has 4 nitrogen and oxygen atoms in total. The van der Waals surface area contributed by atoms with E-state index in [0.717, 1.165) is 19.6 Å². The highest BCUT2D eigenvalue weighted by atomic mass is 32.1. The van der Waals surface area contributed by atoms with Gasteiger partial charge in [-0.1, -0.05) is 0 Å². The maximum Gasteiger partial charge on any atom is 0.318 e. The van der Waals surface area contributed by atoms with Crippen LogP contribution in [0.2, 0.25) is 0 Å². The predicted molar refractivity (Wildman–Crippen MR) is 63.7 cm³/mol. The second kappa shape index (κ2) is 3.75. The molecular formula is C11H15N3OS. The van der Waals surface area contributed by atoms with Gasteiger partial charge in [-0.05, 0) is 23.9 Å². The Morgan fingerprint density at radius 3 is 2.88 bits per heavy atom. The summed E-state index contributed by atoms with van der Waals surface area (Å²) in [5.41, 5.74) is 1.28. The fourth-order valence-corrected chi connectivity index (χ4v) is 3.23. The lowest BCUT2D eigenvalue weighted by atomic mass is 10.1. The number of aryl methyl sites for hydroxylation is 1. The zero-order valence-corrected chi connectivity index (χ0v) is 10.0. The van der Waals surface area contributed by atoms with E-state index in [1.54, 1.807) is 11.3 Å². The van der Waals surface area contributed by atoms with E-state index in [9.17, 15) is 4.79 Å². The van der Waals surface area contributed by atoms with Crippen LogP contribution in [0.3, 0.4) is 0 Å². The molecule has 1 aromatic rings. The number of nitrogens with one attached hydrogen (secondary N) is 2. The van der Waals surface area contributed by atoms with Crippen molar-refractivity contribution in [3.8, 4) is 0 Å². The van der Waals surface area contributed by atoms with Gasteiger partial charge in [-0.3, -0.25) is 0 Å². The monoisotopic (exact) mass is 237 g/mol. The fraction of sp³-hybridized carbons (Fsp3) is 0.545. The van der Waals surface area contributed by atoms with Crippen LogP contribution in [0, 0.1) is 6.92 Å². The van der Waals surface area contributed by atoms with Crippen molar-refractivity contribution < 1.29 is 4.79 Å². The number of nitrogens with zero attached hydrogens (tertiary/aromatic N) is 1. The second-order valence-electron chi connectivity index (χ2n) is 4.43. The van der Waals surface area contributed by atoms with Crippen LogP contribution in [-0.2, 0) is 0 Å². The fourth-order valence-electron chi connectivity index (χ4n) is 2.26. The predicted octanol–water partition coefficient (Wildman–Crippen LogP) is 1.09. The molecule has 0 radical (unpaired) electrons. The molecule has 1 unspecified atom stereocenters. The van der Waals surface area contributed by atoms with E-state index in [-0.39, 0.29) is 12.1 Å². The van der Waals surface area contributed by atoms with Crippen molar-refractivity contribution in [3.05, 3.63) is 21.9 Å². The third kappa shape index (κ3) is 1.51. The van der Waals surface area contributed by atoms with Gasteiger partial charge in [0.1, 0.15) is 0 Å². The summed E-state index contributed by atoms with van der Waals surface area (Å²) in [6.07, 6.45) is 0. The standard InChI is InChI=1S/C11H15N3OS/c1-7-2-3-16-10(7)9-6-14(11(15)13-9)8-4-12-5-8/h2-3,8-9,12H,4-6H2,1H3,(H,13,15). The van der Waals surface area contributed by atoms with Gasteiger partial charge in [-0.2, -0.15) is 0 Å². The Hall–Kier alpha value is -1.07. The first-order chi connectivity index (χ1) is 7.75. The Kier molecular flexibility index (Phi) is 2.37. The summed E-state index contributed by atoms with van der Waals surface area (Å²) in [6.45, 7) is 4.78. The number of thiophene rings is 1. The molecule has 1 atom stereocenters. The summed E-state index contributed by atoms with van der Waals surface area (Å²) in [6, 6.07) is 2.78. The Labute approximate surface area is 98.6 Å². The molecule has 5 heteroatoms. The van der Waals surface area contributed by atoms with Crippen LogP contribution in [0.4, 0.5) is 4.79 Å². The van der Waals surface area contributed by atoms with Gasteiger partial charge < -0.3 is 15.5 Å². The molecule has 3 rings (SSSR count). The molecule has 16 heavy (non-hydrogen) atoms. The number of carbonyl (C=O) groups is 1. The summed E-state index contributed by atoms with van der Waals surface area (Å²) in [4.78, 5) is 15.1. The average Bonchev–Trinajstić information content (AvgIpc) is 2.71. The molecule has 2 aliphatic rings. The number of hydrogen-bond acceptors (Lipinski definition) is 3. The lowest BCUT2D eigenvalue weighted by Crippen LogP contribution is -2.57. The minimum atomic E-state index is 0.0873. The van der Waals surface area contributed by atoms with Crippen molar-refractivity contribution >= 4 is 17.4 Å². The Balaban J connectivity index is 1.76. The maximum atomic E-state index is 11.8. The van der Waals surface area contributed by atoms with Crippen molar-refractivity contribution in [2.24, 2.45) is 0 Å². The summed E-state index contributed by atoms with van der Waals surface area (Å²) in [5.74, 6) is 0. The topological polar surface area (TPSA) is 44.4 Å². The summed E-state index contributed by atoms with van der Waals surface area (Å²) in [5, 5.41) is 8.35. The third-order valence-electron chi connectivity index (χ3n) is 3.36. The van der Waals surface area contributed by atoms with Gasteiger partial charge in [-0.25, -0.2) is 4.79 Å². The van der Waals surface area contributed by atoms with Gasteiger partial charge >= 0.3 is 6.03 Å². The minimum Gasteiger partial charge on any atom is -0.329 e. The van der Waals surface area contributed by atoms with Gasteiger partial charge in [0, 0.05) is 24.5 Å². The van der Waals surface area contributed by atoms with Crippen LogP contribution < -0.4 is 10.6 Å². The molecule has 0 spiro atoms. The normalized spacial score (nSPS) is 25.7. The van der Waals surface area contributed by atoms with Crippen molar-refractivity contribution in [2.45, 2.75) is 19.0 Å². The van der Waals surface area contributed by atoms with E-state index < -0.39 is 0 Å². The van der Waals surface area contributed by atoms with Crippen LogP contribution in [0.25, 0.3) is 0 Å². The summed E-state index contributed by atoms with van der Waals surface area (Å²) >= 11 is 1.73. The molecule has 0 aliphatic carbocycles. The van der Waals surface area contributed by atoms with Crippen molar-refractivity contribution in [1.29, 1.82) is 0 Å². The first kappa shape index (κ1) is 10.1. The SMILES string of the molecule is Cc1ccsc1C1CN(C2CNC2)C(=O)N1. The Morgan fingerprint density at radius 2 is 2.31 bits per heavy atom. The molecule has 2 aliphatic heterocycles.